The third kappa shape index (κ3) is 5.82. The number of nitrogen functional groups attached to an aromatic ring is 1. The lowest BCUT2D eigenvalue weighted by Gasteiger charge is -2.27. The Morgan fingerprint density at radius 2 is 1.89 bits per heavy atom. The number of nitrogens with one attached hydrogen (secondary N) is 2. The van der Waals surface area contributed by atoms with Gasteiger partial charge in [-0.3, -0.25) is 15.2 Å². The molecular formula is C24H24Cl2N6O3. The van der Waals surface area contributed by atoms with Crippen molar-refractivity contribution >= 4 is 52.0 Å². The monoisotopic (exact) mass is 514 g/mol. The molecule has 4 rings (SSSR count). The lowest BCUT2D eigenvalue weighted by atomic mass is 10.1. The van der Waals surface area contributed by atoms with Crippen molar-refractivity contribution in [1.82, 2.24) is 9.97 Å². The number of rotatable bonds is 7. The van der Waals surface area contributed by atoms with Crippen molar-refractivity contribution in [3.8, 4) is 5.75 Å². The molecular weight excluding hydrogens is 491 g/mol. The van der Waals surface area contributed by atoms with Crippen LogP contribution in [0.1, 0.15) is 24.2 Å². The Balaban J connectivity index is 1.45. The number of carbonyl (C=O) groups is 1. The van der Waals surface area contributed by atoms with Gasteiger partial charge in [-0.1, -0.05) is 23.2 Å². The number of hydrogen-bond acceptors (Lipinski definition) is 8. The summed E-state index contributed by atoms with van der Waals surface area (Å²) in [6.45, 7) is 4.62. The number of benzene rings is 1. The van der Waals surface area contributed by atoms with Crippen LogP contribution in [0.3, 0.4) is 0 Å². The standard InChI is InChI=1S/C24H24Cl2N6O3/c1-14(22-18(25)12-29-13-19(22)26)35-16-3-4-20(27)17(10-16)23(28)24(33)31-15-2-5-21(30-11-15)32-6-8-34-9-7-32/h2-5,10-14,28H,6-9,27H2,1H3,(H,31,33). The fourth-order valence-electron chi connectivity index (χ4n) is 3.65. The molecule has 2 aromatic heterocycles. The summed E-state index contributed by atoms with van der Waals surface area (Å²) in [5.74, 6) is 0.585. The number of ether oxygens (including phenoxy) is 2. The van der Waals surface area contributed by atoms with E-state index in [-0.39, 0.29) is 17.0 Å². The van der Waals surface area contributed by atoms with Gasteiger partial charge < -0.3 is 25.4 Å². The highest BCUT2D eigenvalue weighted by Gasteiger charge is 2.20. The fraction of sp³-hybridized carbons (Fsp3) is 0.250. The number of amides is 1. The molecule has 35 heavy (non-hydrogen) atoms. The summed E-state index contributed by atoms with van der Waals surface area (Å²) in [6.07, 6.45) is 4.02. The molecule has 0 bridgehead atoms. The summed E-state index contributed by atoms with van der Waals surface area (Å²) in [4.78, 5) is 23.2. The van der Waals surface area contributed by atoms with Crippen LogP contribution in [-0.2, 0) is 9.53 Å². The van der Waals surface area contributed by atoms with Crippen molar-refractivity contribution in [3.63, 3.8) is 0 Å². The molecule has 9 nitrogen and oxygen atoms in total. The topological polar surface area (TPSA) is 126 Å². The number of halogens is 2. The van der Waals surface area contributed by atoms with E-state index in [2.05, 4.69) is 20.2 Å². The Morgan fingerprint density at radius 3 is 2.54 bits per heavy atom. The minimum atomic E-state index is -0.622. The summed E-state index contributed by atoms with van der Waals surface area (Å²) in [7, 11) is 0. The first-order valence-electron chi connectivity index (χ1n) is 10.9. The van der Waals surface area contributed by atoms with Gasteiger partial charge in [-0.15, -0.1) is 0 Å². The Hall–Kier alpha value is -3.40. The van der Waals surface area contributed by atoms with Crippen molar-refractivity contribution in [2.45, 2.75) is 13.0 Å². The Bertz CT molecular complexity index is 1210. The highest BCUT2D eigenvalue weighted by Crippen LogP contribution is 2.33. The van der Waals surface area contributed by atoms with E-state index in [1.165, 1.54) is 18.5 Å². The second-order valence-corrected chi connectivity index (χ2v) is 8.67. The van der Waals surface area contributed by atoms with Crippen LogP contribution < -0.4 is 20.7 Å². The Labute approximate surface area is 212 Å². The van der Waals surface area contributed by atoms with E-state index < -0.39 is 12.0 Å². The molecule has 0 aliphatic carbocycles. The van der Waals surface area contributed by atoms with Crippen LogP contribution in [0.2, 0.25) is 10.0 Å². The van der Waals surface area contributed by atoms with Crippen molar-refractivity contribution < 1.29 is 14.3 Å². The summed E-state index contributed by atoms with van der Waals surface area (Å²) in [5.41, 5.74) is 7.31. The number of hydrogen-bond donors (Lipinski definition) is 3. The lowest BCUT2D eigenvalue weighted by Crippen LogP contribution is -2.36. The molecule has 0 spiro atoms. The third-order valence-electron chi connectivity index (χ3n) is 5.47. The Kier molecular flexibility index (Phi) is 7.70. The number of nitrogens with zero attached hydrogens (tertiary/aromatic N) is 3. The average molecular weight is 515 g/mol. The maximum atomic E-state index is 12.8. The molecule has 1 atom stereocenters. The predicted molar refractivity (Wildman–Crippen MR) is 137 cm³/mol. The molecule has 3 aromatic rings. The molecule has 1 fully saturated rings. The van der Waals surface area contributed by atoms with Crippen LogP contribution in [0.5, 0.6) is 5.75 Å². The summed E-state index contributed by atoms with van der Waals surface area (Å²) >= 11 is 12.4. The maximum absolute atomic E-state index is 12.8. The van der Waals surface area contributed by atoms with Crippen LogP contribution in [0.15, 0.2) is 48.9 Å². The van der Waals surface area contributed by atoms with Crippen LogP contribution >= 0.6 is 23.2 Å². The number of nitrogens with two attached hydrogens (primary N) is 1. The highest BCUT2D eigenvalue weighted by molar-refractivity contribution is 6.48. The maximum Gasteiger partial charge on any atom is 0.274 e. The van der Waals surface area contributed by atoms with Gasteiger partial charge in [0.25, 0.3) is 5.91 Å². The number of carbonyl (C=O) groups excluding carboxylic acids is 1. The SMILES string of the molecule is CC(Oc1ccc(N)c(C(=N)C(=O)Nc2ccc(N3CCOCC3)nc2)c1)c1c(Cl)cncc1Cl. The predicted octanol–water partition coefficient (Wildman–Crippen LogP) is 4.35. The van der Waals surface area contributed by atoms with Crippen molar-refractivity contribution in [2.24, 2.45) is 0 Å². The van der Waals surface area contributed by atoms with E-state index in [9.17, 15) is 4.79 Å². The smallest absolute Gasteiger partial charge is 0.274 e. The second kappa shape index (κ2) is 10.9. The molecule has 1 amide bonds. The first kappa shape index (κ1) is 24.7. The van der Waals surface area contributed by atoms with Crippen molar-refractivity contribution in [1.29, 1.82) is 5.41 Å². The summed E-state index contributed by atoms with van der Waals surface area (Å²) in [6, 6.07) is 8.34. The van der Waals surface area contributed by atoms with Crippen LogP contribution in [0, 0.1) is 5.41 Å². The van der Waals surface area contributed by atoms with Gasteiger partial charge in [0.15, 0.2) is 0 Å². The van der Waals surface area contributed by atoms with E-state index in [4.69, 9.17) is 43.8 Å². The summed E-state index contributed by atoms with van der Waals surface area (Å²) < 4.78 is 11.3. The molecule has 1 aliphatic rings. The summed E-state index contributed by atoms with van der Waals surface area (Å²) in [5, 5.41) is 11.8. The van der Waals surface area contributed by atoms with Crippen LogP contribution in [0.4, 0.5) is 17.2 Å². The van der Waals surface area contributed by atoms with Crippen molar-refractivity contribution in [2.75, 3.05) is 42.3 Å². The zero-order valence-electron chi connectivity index (χ0n) is 18.9. The average Bonchev–Trinajstić information content (AvgIpc) is 2.85. The van der Waals surface area contributed by atoms with Gasteiger partial charge in [0.1, 0.15) is 23.4 Å². The van der Waals surface area contributed by atoms with Gasteiger partial charge in [0.05, 0.1) is 35.1 Å². The number of aromatic nitrogens is 2. The molecule has 11 heteroatoms. The zero-order chi connectivity index (χ0) is 24.9. The van der Waals surface area contributed by atoms with Crippen LogP contribution in [-0.4, -0.2) is 47.9 Å². The number of pyridine rings is 2. The molecule has 1 saturated heterocycles. The zero-order valence-corrected chi connectivity index (χ0v) is 20.4. The molecule has 1 aliphatic heterocycles. The minimum Gasteiger partial charge on any atom is -0.486 e. The second-order valence-electron chi connectivity index (χ2n) is 7.86. The van der Waals surface area contributed by atoms with Gasteiger partial charge in [-0.2, -0.15) is 0 Å². The largest absolute Gasteiger partial charge is 0.486 e. The van der Waals surface area contributed by atoms with Gasteiger partial charge >= 0.3 is 0 Å². The van der Waals surface area contributed by atoms with Gasteiger partial charge in [-0.25, -0.2) is 4.98 Å². The molecule has 1 aromatic carbocycles. The first-order valence-corrected chi connectivity index (χ1v) is 11.6. The molecule has 3 heterocycles. The van der Waals surface area contributed by atoms with Gasteiger partial charge in [0, 0.05) is 42.3 Å². The third-order valence-corrected chi connectivity index (χ3v) is 6.07. The normalized spacial score (nSPS) is 14.3. The van der Waals surface area contributed by atoms with E-state index in [0.717, 1.165) is 18.9 Å². The number of morpholine rings is 1. The minimum absolute atomic E-state index is 0.233. The Morgan fingerprint density at radius 1 is 1.17 bits per heavy atom. The van der Waals surface area contributed by atoms with E-state index in [0.29, 0.717) is 40.3 Å². The first-order chi connectivity index (χ1) is 16.8. The molecule has 0 saturated carbocycles. The lowest BCUT2D eigenvalue weighted by molar-refractivity contribution is -0.110. The van der Waals surface area contributed by atoms with E-state index in [1.807, 2.05) is 6.07 Å². The molecule has 4 N–H and O–H groups in total. The molecule has 0 radical (unpaired) electrons. The van der Waals surface area contributed by atoms with E-state index >= 15 is 0 Å². The van der Waals surface area contributed by atoms with Crippen molar-refractivity contribution in [3.05, 3.63) is 70.1 Å². The quantitative estimate of drug-likeness (QED) is 0.316. The molecule has 1 unspecified atom stereocenters. The number of anilines is 3. The van der Waals surface area contributed by atoms with E-state index in [1.54, 1.807) is 31.3 Å². The highest BCUT2D eigenvalue weighted by atomic mass is 35.5. The van der Waals surface area contributed by atoms with Gasteiger partial charge in [0.2, 0.25) is 0 Å². The van der Waals surface area contributed by atoms with Crippen LogP contribution in [0.25, 0.3) is 0 Å². The fourth-order valence-corrected chi connectivity index (χ4v) is 4.33. The van der Waals surface area contributed by atoms with Gasteiger partial charge in [-0.05, 0) is 37.3 Å². The molecule has 182 valence electrons.